The number of H-pyrrole nitrogens is 1. The Balaban J connectivity index is 2.67. The Morgan fingerprint density at radius 2 is 2.08 bits per heavy atom. The van der Waals surface area contributed by atoms with Crippen LogP contribution in [-0.2, 0) is 0 Å². The highest BCUT2D eigenvalue weighted by Gasteiger charge is 2.23. The van der Waals surface area contributed by atoms with Crippen molar-refractivity contribution in [3.8, 4) is 0 Å². The Hall–Kier alpha value is -1.64. The number of aromatic nitrogens is 1. The predicted molar refractivity (Wildman–Crippen MR) is 43.2 cm³/mol. The van der Waals surface area contributed by atoms with Gasteiger partial charge in [0, 0.05) is 11.8 Å². The van der Waals surface area contributed by atoms with Crippen LogP contribution in [0.25, 0.3) is 0 Å². The van der Waals surface area contributed by atoms with Crippen LogP contribution in [-0.4, -0.2) is 16.6 Å². The Morgan fingerprint density at radius 3 is 2.83 bits per heavy atom. The molecule has 60 valence electrons. The highest BCUT2D eigenvalue weighted by Crippen LogP contribution is 2.18. The zero-order valence-electron chi connectivity index (χ0n) is 6.55. The van der Waals surface area contributed by atoms with Crippen molar-refractivity contribution in [2.45, 2.75) is 6.92 Å². The molecule has 1 heterocycles. The Morgan fingerprint density at radius 1 is 1.33 bits per heavy atom. The minimum Gasteiger partial charge on any atom is -0.358 e. The van der Waals surface area contributed by atoms with Crippen molar-refractivity contribution in [1.82, 2.24) is 4.98 Å². The highest BCUT2D eigenvalue weighted by molar-refractivity contribution is 6.23. The lowest BCUT2D eigenvalue weighted by atomic mass is 9.97. The molecule has 1 N–H and O–H groups in total. The van der Waals surface area contributed by atoms with Gasteiger partial charge in [-0.25, -0.2) is 0 Å². The van der Waals surface area contributed by atoms with Crippen LogP contribution in [0.4, 0.5) is 0 Å². The first-order valence-electron chi connectivity index (χ1n) is 3.65. The molecule has 2 rings (SSSR count). The number of hydrogen-bond acceptors (Lipinski definition) is 2. The normalized spacial score (nSPS) is 15.9. The fourth-order valence-corrected chi connectivity index (χ4v) is 1.30. The van der Waals surface area contributed by atoms with Crippen LogP contribution in [0.3, 0.4) is 0 Å². The number of rotatable bonds is 0. The lowest BCUT2D eigenvalue weighted by molar-refractivity contribution is 0.0982. The molecule has 0 aliphatic heterocycles. The van der Waals surface area contributed by atoms with E-state index in [1.165, 1.54) is 6.08 Å². The quantitative estimate of drug-likeness (QED) is 0.624. The summed E-state index contributed by atoms with van der Waals surface area (Å²) in [4.78, 5) is 25.4. The van der Waals surface area contributed by atoms with E-state index in [4.69, 9.17) is 0 Å². The number of Topliss-reactive ketones (excluding diaryl/α,β-unsaturated/α-hetero) is 1. The van der Waals surface area contributed by atoms with Crippen molar-refractivity contribution >= 4 is 11.6 Å². The molecular formula is C9H7NO2. The molecule has 1 aliphatic rings. The van der Waals surface area contributed by atoms with Crippen molar-refractivity contribution in [1.29, 1.82) is 0 Å². The van der Waals surface area contributed by atoms with Gasteiger partial charge in [-0.3, -0.25) is 9.59 Å². The second-order valence-electron chi connectivity index (χ2n) is 2.79. The number of carbonyl (C=O) groups excluding carboxylic acids is 2. The lowest BCUT2D eigenvalue weighted by Crippen LogP contribution is -2.14. The van der Waals surface area contributed by atoms with E-state index in [1.807, 2.05) is 0 Å². The Kier molecular flexibility index (Phi) is 1.27. The second kappa shape index (κ2) is 2.17. The summed E-state index contributed by atoms with van der Waals surface area (Å²) in [6.45, 7) is 1.64. The lowest BCUT2D eigenvalue weighted by Gasteiger charge is -2.06. The summed E-state index contributed by atoms with van der Waals surface area (Å²) < 4.78 is 0. The van der Waals surface area contributed by atoms with E-state index >= 15 is 0 Å². The fraction of sp³-hybridized carbons (Fsp3) is 0.111. The van der Waals surface area contributed by atoms with Crippen molar-refractivity contribution < 1.29 is 9.59 Å². The number of carbonyl (C=O) groups is 2. The summed E-state index contributed by atoms with van der Waals surface area (Å²) in [5.74, 6) is -0.182. The van der Waals surface area contributed by atoms with E-state index in [1.54, 1.807) is 19.2 Å². The smallest absolute Gasteiger partial charge is 0.205 e. The SMILES string of the molecule is CC1=CC(=O)c2cc[nH]c2C1=O. The Labute approximate surface area is 69.1 Å². The zero-order valence-corrected chi connectivity index (χ0v) is 6.55. The van der Waals surface area contributed by atoms with E-state index in [-0.39, 0.29) is 11.6 Å². The largest absolute Gasteiger partial charge is 0.358 e. The number of nitrogens with one attached hydrogen (secondary N) is 1. The summed E-state index contributed by atoms with van der Waals surface area (Å²) in [7, 11) is 0. The van der Waals surface area contributed by atoms with E-state index in [9.17, 15) is 9.59 Å². The summed E-state index contributed by atoms with van der Waals surface area (Å²) in [5, 5.41) is 0. The van der Waals surface area contributed by atoms with Gasteiger partial charge >= 0.3 is 0 Å². The third kappa shape index (κ3) is 0.763. The minimum atomic E-state index is -0.0941. The van der Waals surface area contributed by atoms with E-state index in [2.05, 4.69) is 4.98 Å². The number of ketones is 2. The molecule has 0 saturated carbocycles. The van der Waals surface area contributed by atoms with Gasteiger partial charge in [0.05, 0.1) is 11.3 Å². The average molecular weight is 161 g/mol. The molecule has 0 spiro atoms. The molecule has 0 atom stereocenters. The molecule has 0 unspecified atom stereocenters. The highest BCUT2D eigenvalue weighted by atomic mass is 16.1. The van der Waals surface area contributed by atoms with Crippen molar-refractivity contribution in [3.05, 3.63) is 35.2 Å². The fourth-order valence-electron chi connectivity index (χ4n) is 1.30. The van der Waals surface area contributed by atoms with E-state index in [0.29, 0.717) is 16.8 Å². The van der Waals surface area contributed by atoms with Gasteiger partial charge in [0.1, 0.15) is 0 Å². The molecule has 0 aromatic carbocycles. The van der Waals surface area contributed by atoms with E-state index < -0.39 is 0 Å². The molecule has 0 fully saturated rings. The molecular weight excluding hydrogens is 154 g/mol. The standard InChI is InChI=1S/C9H7NO2/c1-5-4-7(11)6-2-3-10-8(6)9(5)12/h2-4,10H,1H3. The first-order valence-corrected chi connectivity index (χ1v) is 3.65. The van der Waals surface area contributed by atoms with Gasteiger partial charge in [0.15, 0.2) is 5.78 Å². The minimum absolute atomic E-state index is 0.0883. The first-order chi connectivity index (χ1) is 5.70. The molecule has 12 heavy (non-hydrogen) atoms. The topological polar surface area (TPSA) is 49.9 Å². The summed E-state index contributed by atoms with van der Waals surface area (Å²) in [5.41, 5.74) is 1.39. The number of aromatic amines is 1. The Bertz CT molecular complexity index is 398. The average Bonchev–Trinajstić information content (AvgIpc) is 2.48. The number of fused-ring (bicyclic) bond motifs is 1. The number of allylic oxidation sites excluding steroid dienone is 2. The maximum atomic E-state index is 11.4. The van der Waals surface area contributed by atoms with Gasteiger partial charge in [-0.05, 0) is 19.1 Å². The molecule has 0 amide bonds. The van der Waals surface area contributed by atoms with Gasteiger partial charge in [0.25, 0.3) is 0 Å². The van der Waals surface area contributed by atoms with Crippen molar-refractivity contribution in [2.24, 2.45) is 0 Å². The molecule has 1 aromatic rings. The van der Waals surface area contributed by atoms with Gasteiger partial charge in [-0.1, -0.05) is 0 Å². The maximum Gasteiger partial charge on any atom is 0.205 e. The van der Waals surface area contributed by atoms with Crippen molar-refractivity contribution in [2.75, 3.05) is 0 Å². The van der Waals surface area contributed by atoms with Gasteiger partial charge < -0.3 is 4.98 Å². The van der Waals surface area contributed by atoms with Crippen LogP contribution in [0.2, 0.25) is 0 Å². The molecule has 3 heteroatoms. The molecule has 0 radical (unpaired) electrons. The van der Waals surface area contributed by atoms with E-state index in [0.717, 1.165) is 0 Å². The summed E-state index contributed by atoms with van der Waals surface area (Å²) >= 11 is 0. The monoisotopic (exact) mass is 161 g/mol. The summed E-state index contributed by atoms with van der Waals surface area (Å²) in [6, 6.07) is 1.62. The molecule has 3 nitrogen and oxygen atoms in total. The van der Waals surface area contributed by atoms with Crippen LogP contribution in [0, 0.1) is 0 Å². The molecule has 1 aliphatic carbocycles. The third-order valence-corrected chi connectivity index (χ3v) is 1.95. The maximum absolute atomic E-state index is 11.4. The third-order valence-electron chi connectivity index (χ3n) is 1.95. The van der Waals surface area contributed by atoms with Crippen LogP contribution < -0.4 is 0 Å². The first kappa shape index (κ1) is 7.03. The van der Waals surface area contributed by atoms with Crippen LogP contribution in [0.15, 0.2) is 23.9 Å². The van der Waals surface area contributed by atoms with Gasteiger partial charge in [0.2, 0.25) is 5.78 Å². The zero-order chi connectivity index (χ0) is 8.72. The predicted octanol–water partition coefficient (Wildman–Crippen LogP) is 1.34. The van der Waals surface area contributed by atoms with Gasteiger partial charge in [-0.15, -0.1) is 0 Å². The molecule has 0 saturated heterocycles. The molecule has 0 bridgehead atoms. The van der Waals surface area contributed by atoms with Crippen molar-refractivity contribution in [3.63, 3.8) is 0 Å². The summed E-state index contributed by atoms with van der Waals surface area (Å²) in [6.07, 6.45) is 2.98. The van der Waals surface area contributed by atoms with Gasteiger partial charge in [-0.2, -0.15) is 0 Å². The molecule has 1 aromatic heterocycles. The van der Waals surface area contributed by atoms with Crippen LogP contribution in [0.1, 0.15) is 27.8 Å². The second-order valence-corrected chi connectivity index (χ2v) is 2.79. The van der Waals surface area contributed by atoms with Crippen LogP contribution in [0.5, 0.6) is 0 Å². The van der Waals surface area contributed by atoms with Crippen LogP contribution >= 0.6 is 0 Å². The number of hydrogen-bond donors (Lipinski definition) is 1.